The number of pyridine rings is 1. The molecule has 9 nitrogen and oxygen atoms in total. The van der Waals surface area contributed by atoms with E-state index >= 15 is 0 Å². The fourth-order valence-corrected chi connectivity index (χ4v) is 4.23. The number of piperazine rings is 1. The van der Waals surface area contributed by atoms with Crippen LogP contribution in [0.2, 0.25) is 0 Å². The van der Waals surface area contributed by atoms with Crippen molar-refractivity contribution in [3.8, 4) is 11.5 Å². The van der Waals surface area contributed by atoms with Crippen LogP contribution in [0.4, 0.5) is 0 Å². The molecule has 1 fully saturated rings. The number of amides is 1. The maximum atomic E-state index is 11.9. The summed E-state index contributed by atoms with van der Waals surface area (Å²) in [6, 6.07) is 10.1. The molecule has 0 bridgehead atoms. The van der Waals surface area contributed by atoms with Crippen molar-refractivity contribution in [2.24, 2.45) is 0 Å². The Hall–Kier alpha value is -3.59. The Kier molecular flexibility index (Phi) is 5.87. The average Bonchev–Trinajstić information content (AvgIpc) is 3.44. The SMILES string of the molecule is CCC(=O)N1CCN(Cc2ccnc(Cc3nc4ccc(-c5nc(C)no5)cc4[nH]3)c2)CC1. The molecule has 1 saturated heterocycles. The van der Waals surface area contributed by atoms with Crippen molar-refractivity contribution in [3.05, 3.63) is 59.4 Å². The molecular weight excluding hydrogens is 418 g/mol. The van der Waals surface area contributed by atoms with Crippen LogP contribution >= 0.6 is 0 Å². The minimum Gasteiger partial charge on any atom is -0.342 e. The van der Waals surface area contributed by atoms with Gasteiger partial charge in [-0.2, -0.15) is 4.98 Å². The predicted octanol–water partition coefficient (Wildman–Crippen LogP) is 2.96. The van der Waals surface area contributed by atoms with Gasteiger partial charge >= 0.3 is 0 Å². The summed E-state index contributed by atoms with van der Waals surface area (Å²) in [5, 5.41) is 3.86. The molecule has 33 heavy (non-hydrogen) atoms. The first-order valence-corrected chi connectivity index (χ1v) is 11.3. The van der Waals surface area contributed by atoms with E-state index in [1.54, 1.807) is 6.92 Å². The third-order valence-corrected chi connectivity index (χ3v) is 5.97. The molecule has 1 aromatic carbocycles. The quantitative estimate of drug-likeness (QED) is 0.487. The zero-order chi connectivity index (χ0) is 22.8. The number of nitrogens with zero attached hydrogens (tertiary/aromatic N) is 6. The van der Waals surface area contributed by atoms with Crippen LogP contribution in [0.3, 0.4) is 0 Å². The number of aryl methyl sites for hydroxylation is 1. The van der Waals surface area contributed by atoms with Crippen LogP contribution in [0.25, 0.3) is 22.5 Å². The van der Waals surface area contributed by atoms with Crippen molar-refractivity contribution in [2.45, 2.75) is 33.2 Å². The number of H-pyrrole nitrogens is 1. The number of carbonyl (C=O) groups excluding carboxylic acids is 1. The number of benzene rings is 1. The topological polar surface area (TPSA) is 104 Å². The molecule has 170 valence electrons. The highest BCUT2D eigenvalue weighted by Gasteiger charge is 2.20. The summed E-state index contributed by atoms with van der Waals surface area (Å²) in [4.78, 5) is 33.2. The number of aromatic nitrogens is 5. The Morgan fingerprint density at radius 2 is 1.97 bits per heavy atom. The van der Waals surface area contributed by atoms with Crippen LogP contribution < -0.4 is 0 Å². The van der Waals surface area contributed by atoms with Crippen molar-refractivity contribution in [1.82, 2.24) is 34.9 Å². The lowest BCUT2D eigenvalue weighted by Crippen LogP contribution is -2.48. The first kappa shape index (κ1) is 21.3. The Labute approximate surface area is 191 Å². The molecule has 1 N–H and O–H groups in total. The lowest BCUT2D eigenvalue weighted by atomic mass is 10.1. The van der Waals surface area contributed by atoms with Gasteiger partial charge in [0.2, 0.25) is 5.91 Å². The van der Waals surface area contributed by atoms with Gasteiger partial charge in [-0.25, -0.2) is 4.98 Å². The van der Waals surface area contributed by atoms with E-state index in [2.05, 4.69) is 37.1 Å². The largest absolute Gasteiger partial charge is 0.342 e. The molecule has 9 heteroatoms. The Balaban J connectivity index is 1.25. The smallest absolute Gasteiger partial charge is 0.257 e. The zero-order valence-corrected chi connectivity index (χ0v) is 18.9. The second kappa shape index (κ2) is 9.11. The van der Waals surface area contributed by atoms with E-state index < -0.39 is 0 Å². The molecule has 0 saturated carbocycles. The lowest BCUT2D eigenvalue weighted by molar-refractivity contribution is -0.132. The zero-order valence-electron chi connectivity index (χ0n) is 18.9. The van der Waals surface area contributed by atoms with E-state index in [0.29, 0.717) is 24.6 Å². The fourth-order valence-electron chi connectivity index (χ4n) is 4.23. The Bertz CT molecular complexity index is 1270. The molecular formula is C24H27N7O2. The molecule has 1 aliphatic rings. The number of hydrogen-bond acceptors (Lipinski definition) is 7. The van der Waals surface area contributed by atoms with E-state index in [-0.39, 0.29) is 5.91 Å². The van der Waals surface area contributed by atoms with Crippen LogP contribution in [0.15, 0.2) is 41.1 Å². The van der Waals surface area contributed by atoms with Crippen LogP contribution in [0.1, 0.15) is 36.3 Å². The van der Waals surface area contributed by atoms with Crippen molar-refractivity contribution in [3.63, 3.8) is 0 Å². The number of carbonyl (C=O) groups is 1. The minimum absolute atomic E-state index is 0.242. The molecule has 0 radical (unpaired) electrons. The summed E-state index contributed by atoms with van der Waals surface area (Å²) in [7, 11) is 0. The number of nitrogens with one attached hydrogen (secondary N) is 1. The third-order valence-electron chi connectivity index (χ3n) is 5.97. The highest BCUT2D eigenvalue weighted by atomic mass is 16.5. The number of rotatable bonds is 6. The van der Waals surface area contributed by atoms with E-state index in [0.717, 1.165) is 60.8 Å². The van der Waals surface area contributed by atoms with Crippen LogP contribution in [-0.4, -0.2) is 67.0 Å². The van der Waals surface area contributed by atoms with E-state index in [4.69, 9.17) is 9.51 Å². The summed E-state index contributed by atoms with van der Waals surface area (Å²) < 4.78 is 5.27. The van der Waals surface area contributed by atoms with Crippen molar-refractivity contribution >= 4 is 16.9 Å². The van der Waals surface area contributed by atoms with E-state index in [1.165, 1.54) is 5.56 Å². The van der Waals surface area contributed by atoms with Gasteiger partial charge < -0.3 is 14.4 Å². The third kappa shape index (κ3) is 4.78. The molecule has 0 unspecified atom stereocenters. The van der Waals surface area contributed by atoms with Gasteiger partial charge in [-0.05, 0) is 42.8 Å². The van der Waals surface area contributed by atoms with E-state index in [9.17, 15) is 4.79 Å². The number of fused-ring (bicyclic) bond motifs is 1. The Morgan fingerprint density at radius 1 is 1.12 bits per heavy atom. The van der Waals surface area contributed by atoms with Gasteiger partial charge in [0, 0.05) is 63.0 Å². The molecule has 1 aliphatic heterocycles. The van der Waals surface area contributed by atoms with Gasteiger partial charge in [0.05, 0.1) is 11.0 Å². The van der Waals surface area contributed by atoms with Crippen molar-refractivity contribution < 1.29 is 9.32 Å². The minimum atomic E-state index is 0.242. The summed E-state index contributed by atoms with van der Waals surface area (Å²) in [6.45, 7) is 7.97. The average molecular weight is 446 g/mol. The highest BCUT2D eigenvalue weighted by molar-refractivity contribution is 5.80. The van der Waals surface area contributed by atoms with Gasteiger partial charge in [-0.3, -0.25) is 14.7 Å². The summed E-state index contributed by atoms with van der Waals surface area (Å²) in [5.74, 6) is 2.21. The second-order valence-corrected chi connectivity index (χ2v) is 8.40. The van der Waals surface area contributed by atoms with E-state index in [1.807, 2.05) is 36.2 Å². The molecule has 4 aromatic rings. The van der Waals surface area contributed by atoms with Gasteiger partial charge in [-0.15, -0.1) is 0 Å². The molecule has 5 rings (SSSR count). The monoisotopic (exact) mass is 445 g/mol. The number of imidazole rings is 1. The predicted molar refractivity (Wildman–Crippen MR) is 123 cm³/mol. The normalized spacial score (nSPS) is 14.8. The highest BCUT2D eigenvalue weighted by Crippen LogP contribution is 2.22. The standard InChI is InChI=1S/C24H27N7O2/c1-3-23(32)31-10-8-30(9-11-31)15-17-6-7-25-19(12-17)14-22-27-20-5-4-18(13-21(20)28-22)24-26-16(2)29-33-24/h4-7,12-13H,3,8-11,14-15H2,1-2H3,(H,27,28). The van der Waals surface area contributed by atoms with Crippen LogP contribution in [0, 0.1) is 6.92 Å². The summed E-state index contributed by atoms with van der Waals surface area (Å²) >= 11 is 0. The number of hydrogen-bond donors (Lipinski definition) is 1. The summed E-state index contributed by atoms with van der Waals surface area (Å²) in [6.07, 6.45) is 3.06. The van der Waals surface area contributed by atoms with Gasteiger partial charge in [0.25, 0.3) is 5.89 Å². The second-order valence-electron chi connectivity index (χ2n) is 8.40. The van der Waals surface area contributed by atoms with Gasteiger partial charge in [-0.1, -0.05) is 12.1 Å². The van der Waals surface area contributed by atoms with Crippen molar-refractivity contribution in [2.75, 3.05) is 26.2 Å². The number of aromatic amines is 1. The van der Waals surface area contributed by atoms with Gasteiger partial charge in [0.15, 0.2) is 5.82 Å². The van der Waals surface area contributed by atoms with Crippen LogP contribution in [0.5, 0.6) is 0 Å². The molecule has 3 aromatic heterocycles. The molecule has 4 heterocycles. The summed E-state index contributed by atoms with van der Waals surface area (Å²) in [5.41, 5.74) is 4.87. The van der Waals surface area contributed by atoms with Crippen LogP contribution in [-0.2, 0) is 17.8 Å². The molecule has 1 amide bonds. The lowest BCUT2D eigenvalue weighted by Gasteiger charge is -2.34. The molecule has 0 atom stereocenters. The first-order valence-electron chi connectivity index (χ1n) is 11.3. The van der Waals surface area contributed by atoms with Crippen molar-refractivity contribution in [1.29, 1.82) is 0 Å². The molecule has 0 aliphatic carbocycles. The fraction of sp³-hybridized carbons (Fsp3) is 0.375. The molecule has 0 spiro atoms. The first-order chi connectivity index (χ1) is 16.1. The maximum absolute atomic E-state index is 11.9. The maximum Gasteiger partial charge on any atom is 0.257 e. The Morgan fingerprint density at radius 3 is 2.73 bits per heavy atom. The van der Waals surface area contributed by atoms with Gasteiger partial charge in [0.1, 0.15) is 5.82 Å².